The van der Waals surface area contributed by atoms with E-state index >= 15 is 0 Å². The van der Waals surface area contributed by atoms with Gasteiger partial charge >= 0.3 is 0 Å². The van der Waals surface area contributed by atoms with Gasteiger partial charge in [-0.2, -0.15) is 0 Å². The van der Waals surface area contributed by atoms with E-state index in [4.69, 9.17) is 0 Å². The third-order valence-electron chi connectivity index (χ3n) is 4.78. The molecule has 6 nitrogen and oxygen atoms in total. The Morgan fingerprint density at radius 2 is 1.88 bits per heavy atom. The fraction of sp³-hybridized carbons (Fsp3) is 0.556. The van der Waals surface area contributed by atoms with Crippen molar-refractivity contribution < 1.29 is 14.4 Å². The number of fused-ring (bicyclic) bond motifs is 1. The van der Waals surface area contributed by atoms with E-state index in [2.05, 4.69) is 10.3 Å². The van der Waals surface area contributed by atoms with Crippen molar-refractivity contribution in [3.8, 4) is 0 Å². The highest BCUT2D eigenvalue weighted by molar-refractivity contribution is 6.21. The van der Waals surface area contributed by atoms with Crippen LogP contribution < -0.4 is 5.32 Å². The number of unbranched alkanes of at least 4 members (excludes halogenated alkanes) is 2. The van der Waals surface area contributed by atoms with Crippen LogP contribution in [0.1, 0.15) is 72.1 Å². The fourth-order valence-corrected chi connectivity index (χ4v) is 3.44. The first-order valence-corrected chi connectivity index (χ1v) is 8.76. The summed E-state index contributed by atoms with van der Waals surface area (Å²) in [6.07, 6.45) is 10.4. The molecule has 1 N–H and O–H groups in total. The van der Waals surface area contributed by atoms with Gasteiger partial charge in [-0.3, -0.25) is 24.3 Å². The van der Waals surface area contributed by atoms with E-state index in [1.54, 1.807) is 6.07 Å². The van der Waals surface area contributed by atoms with Crippen LogP contribution in [-0.4, -0.2) is 40.2 Å². The standard InChI is InChI=1S/C18H23N3O3/c22-16(20-13-6-3-4-7-13)8-2-1-5-11-21-17(23)14-9-10-19-12-15(14)18(21)24/h9-10,12-13H,1-8,11H2,(H,20,22). The largest absolute Gasteiger partial charge is 0.353 e. The predicted molar refractivity (Wildman–Crippen MR) is 88.5 cm³/mol. The van der Waals surface area contributed by atoms with E-state index in [9.17, 15) is 14.4 Å². The van der Waals surface area contributed by atoms with Crippen molar-refractivity contribution in [2.24, 2.45) is 0 Å². The summed E-state index contributed by atoms with van der Waals surface area (Å²) in [5.74, 6) is -0.382. The van der Waals surface area contributed by atoms with Gasteiger partial charge in [-0.15, -0.1) is 0 Å². The number of aromatic nitrogens is 1. The molecule has 0 unspecified atom stereocenters. The first-order valence-electron chi connectivity index (χ1n) is 8.76. The zero-order valence-corrected chi connectivity index (χ0v) is 13.8. The molecule has 0 bridgehead atoms. The Kier molecular flexibility index (Phi) is 5.23. The van der Waals surface area contributed by atoms with Gasteiger partial charge in [0, 0.05) is 31.4 Å². The smallest absolute Gasteiger partial charge is 0.263 e. The monoisotopic (exact) mass is 329 g/mol. The molecule has 0 atom stereocenters. The summed E-state index contributed by atoms with van der Waals surface area (Å²) in [6, 6.07) is 1.95. The van der Waals surface area contributed by atoms with Gasteiger partial charge in [0.1, 0.15) is 0 Å². The van der Waals surface area contributed by atoms with Crippen molar-refractivity contribution in [2.45, 2.75) is 57.4 Å². The molecule has 1 aromatic heterocycles. The zero-order valence-electron chi connectivity index (χ0n) is 13.8. The van der Waals surface area contributed by atoms with Gasteiger partial charge in [-0.1, -0.05) is 19.3 Å². The average Bonchev–Trinajstić information content (AvgIpc) is 3.17. The van der Waals surface area contributed by atoms with Gasteiger partial charge in [0.25, 0.3) is 11.8 Å². The van der Waals surface area contributed by atoms with Gasteiger partial charge in [-0.25, -0.2) is 0 Å². The molecule has 1 saturated carbocycles. The molecule has 128 valence electrons. The second-order valence-electron chi connectivity index (χ2n) is 6.54. The third-order valence-corrected chi connectivity index (χ3v) is 4.78. The molecular formula is C18H23N3O3. The van der Waals surface area contributed by atoms with Gasteiger partial charge in [0.15, 0.2) is 0 Å². The van der Waals surface area contributed by atoms with E-state index in [-0.39, 0.29) is 17.7 Å². The molecule has 1 aromatic rings. The highest BCUT2D eigenvalue weighted by atomic mass is 16.2. The molecule has 2 heterocycles. The Balaban J connectivity index is 1.36. The van der Waals surface area contributed by atoms with E-state index in [1.165, 1.54) is 30.1 Å². The van der Waals surface area contributed by atoms with E-state index in [0.29, 0.717) is 30.1 Å². The Bertz CT molecular complexity index is 603. The molecule has 0 radical (unpaired) electrons. The van der Waals surface area contributed by atoms with Gasteiger partial charge in [-0.05, 0) is 31.7 Å². The summed E-state index contributed by atoms with van der Waals surface area (Å²) in [7, 11) is 0. The predicted octanol–water partition coefficient (Wildman–Crippen LogP) is 2.30. The molecule has 3 rings (SSSR count). The number of amides is 3. The van der Waals surface area contributed by atoms with Crippen LogP contribution in [-0.2, 0) is 4.79 Å². The van der Waals surface area contributed by atoms with Crippen LogP contribution in [0.2, 0.25) is 0 Å². The highest BCUT2D eigenvalue weighted by Crippen LogP contribution is 2.22. The molecule has 1 aliphatic carbocycles. The molecule has 6 heteroatoms. The number of carbonyl (C=O) groups excluding carboxylic acids is 3. The van der Waals surface area contributed by atoms with Gasteiger partial charge in [0.2, 0.25) is 5.91 Å². The van der Waals surface area contributed by atoms with E-state index in [0.717, 1.165) is 32.1 Å². The van der Waals surface area contributed by atoms with Crippen molar-refractivity contribution in [3.05, 3.63) is 29.6 Å². The second kappa shape index (κ2) is 7.55. The molecular weight excluding hydrogens is 306 g/mol. The summed E-state index contributed by atoms with van der Waals surface area (Å²) in [6.45, 7) is 0.399. The third kappa shape index (κ3) is 3.63. The van der Waals surface area contributed by atoms with Gasteiger partial charge in [0.05, 0.1) is 11.1 Å². The van der Waals surface area contributed by atoms with Gasteiger partial charge < -0.3 is 5.32 Å². The summed E-state index contributed by atoms with van der Waals surface area (Å²) < 4.78 is 0. The number of pyridine rings is 1. The lowest BCUT2D eigenvalue weighted by Crippen LogP contribution is -2.32. The molecule has 24 heavy (non-hydrogen) atoms. The molecule has 2 aliphatic rings. The molecule has 0 aromatic carbocycles. The summed E-state index contributed by atoms with van der Waals surface area (Å²) in [5, 5.41) is 3.07. The second-order valence-corrected chi connectivity index (χ2v) is 6.54. The minimum absolute atomic E-state index is 0.119. The minimum Gasteiger partial charge on any atom is -0.353 e. The number of rotatable bonds is 7. The lowest BCUT2D eigenvalue weighted by molar-refractivity contribution is -0.121. The fourth-order valence-electron chi connectivity index (χ4n) is 3.44. The zero-order chi connectivity index (χ0) is 16.9. The Morgan fingerprint density at radius 3 is 2.62 bits per heavy atom. The van der Waals surface area contributed by atoms with Crippen molar-refractivity contribution >= 4 is 17.7 Å². The maximum Gasteiger partial charge on any atom is 0.263 e. The number of imide groups is 1. The normalized spacial score (nSPS) is 17.4. The van der Waals surface area contributed by atoms with Crippen LogP contribution in [0, 0.1) is 0 Å². The Labute approximate surface area is 141 Å². The molecule has 1 fully saturated rings. The van der Waals surface area contributed by atoms with Crippen LogP contribution >= 0.6 is 0 Å². The van der Waals surface area contributed by atoms with E-state index in [1.807, 2.05) is 0 Å². The Hall–Kier alpha value is -2.24. The summed E-state index contributed by atoms with van der Waals surface area (Å²) >= 11 is 0. The molecule has 0 spiro atoms. The topological polar surface area (TPSA) is 79.4 Å². The van der Waals surface area contributed by atoms with Crippen LogP contribution in [0.25, 0.3) is 0 Å². The number of hydrogen-bond acceptors (Lipinski definition) is 4. The SMILES string of the molecule is O=C(CCCCCN1C(=O)c2ccncc2C1=O)NC1CCCC1. The Morgan fingerprint density at radius 1 is 1.12 bits per heavy atom. The number of nitrogens with one attached hydrogen (secondary N) is 1. The maximum atomic E-state index is 12.2. The molecule has 1 aliphatic heterocycles. The minimum atomic E-state index is -0.262. The lowest BCUT2D eigenvalue weighted by Gasteiger charge is -2.14. The maximum absolute atomic E-state index is 12.2. The first-order chi connectivity index (χ1) is 11.7. The first kappa shape index (κ1) is 16.6. The van der Waals surface area contributed by atoms with Crippen molar-refractivity contribution in [2.75, 3.05) is 6.54 Å². The summed E-state index contributed by atoms with van der Waals surface area (Å²) in [4.78, 5) is 41.4. The number of nitrogens with zero attached hydrogens (tertiary/aromatic N) is 2. The van der Waals surface area contributed by atoms with E-state index < -0.39 is 0 Å². The number of carbonyl (C=O) groups is 3. The van der Waals surface area contributed by atoms with Crippen molar-refractivity contribution in [1.82, 2.24) is 15.2 Å². The molecule has 3 amide bonds. The summed E-state index contributed by atoms with van der Waals surface area (Å²) in [5.41, 5.74) is 0.824. The van der Waals surface area contributed by atoms with Crippen LogP contribution in [0.3, 0.4) is 0 Å². The van der Waals surface area contributed by atoms with Crippen molar-refractivity contribution in [3.63, 3.8) is 0 Å². The number of hydrogen-bond donors (Lipinski definition) is 1. The van der Waals surface area contributed by atoms with Crippen LogP contribution in [0.5, 0.6) is 0 Å². The quantitative estimate of drug-likeness (QED) is 0.615. The molecule has 0 saturated heterocycles. The average molecular weight is 329 g/mol. The highest BCUT2D eigenvalue weighted by Gasteiger charge is 2.34. The van der Waals surface area contributed by atoms with Crippen LogP contribution in [0.4, 0.5) is 0 Å². The van der Waals surface area contributed by atoms with Crippen molar-refractivity contribution in [1.29, 1.82) is 0 Å². The van der Waals surface area contributed by atoms with Crippen LogP contribution in [0.15, 0.2) is 18.5 Å². The lowest BCUT2D eigenvalue weighted by atomic mass is 10.1.